The summed E-state index contributed by atoms with van der Waals surface area (Å²) >= 11 is 0. The summed E-state index contributed by atoms with van der Waals surface area (Å²) in [6, 6.07) is 7.05. The summed E-state index contributed by atoms with van der Waals surface area (Å²) in [7, 11) is 0. The summed E-state index contributed by atoms with van der Waals surface area (Å²) in [6.07, 6.45) is 1.23. The molecule has 0 aliphatic carbocycles. The van der Waals surface area contributed by atoms with E-state index in [0.29, 0.717) is 6.04 Å². The zero-order chi connectivity index (χ0) is 14.4. The Morgan fingerprint density at radius 3 is 2.60 bits per heavy atom. The lowest BCUT2D eigenvalue weighted by Gasteiger charge is -2.38. The van der Waals surface area contributed by atoms with E-state index in [0.717, 1.165) is 50.8 Å². The number of rotatable bonds is 6. The first kappa shape index (κ1) is 15.3. The minimum absolute atomic E-state index is 0.699. The SMILES string of the molecule is CCNCc1cccc(N2CCN(C(C)CC)CC2)n1. The number of piperazine rings is 1. The van der Waals surface area contributed by atoms with E-state index in [1.807, 2.05) is 0 Å². The fraction of sp³-hybridized carbons (Fsp3) is 0.688. The Kier molecular flexibility index (Phi) is 5.80. The molecule has 20 heavy (non-hydrogen) atoms. The van der Waals surface area contributed by atoms with E-state index in [1.165, 1.54) is 6.42 Å². The minimum Gasteiger partial charge on any atom is -0.354 e. The molecule has 1 aliphatic heterocycles. The van der Waals surface area contributed by atoms with Gasteiger partial charge in [0, 0.05) is 38.8 Å². The van der Waals surface area contributed by atoms with E-state index >= 15 is 0 Å². The maximum atomic E-state index is 4.77. The Labute approximate surface area is 123 Å². The summed E-state index contributed by atoms with van der Waals surface area (Å²) in [5.74, 6) is 1.13. The molecule has 0 saturated carbocycles. The van der Waals surface area contributed by atoms with Crippen LogP contribution in [0.3, 0.4) is 0 Å². The monoisotopic (exact) mass is 276 g/mol. The molecule has 112 valence electrons. The van der Waals surface area contributed by atoms with Crippen LogP contribution in [-0.2, 0) is 6.54 Å². The van der Waals surface area contributed by atoms with Gasteiger partial charge in [0.2, 0.25) is 0 Å². The van der Waals surface area contributed by atoms with E-state index in [1.54, 1.807) is 0 Å². The first-order chi connectivity index (χ1) is 9.74. The molecule has 0 aromatic carbocycles. The molecule has 1 aromatic rings. The smallest absolute Gasteiger partial charge is 0.128 e. The van der Waals surface area contributed by atoms with E-state index in [-0.39, 0.29) is 0 Å². The molecule has 4 heteroatoms. The molecule has 1 unspecified atom stereocenters. The van der Waals surface area contributed by atoms with Gasteiger partial charge in [0.25, 0.3) is 0 Å². The Hall–Kier alpha value is -1.13. The standard InChI is InChI=1S/C16H28N4/c1-4-14(3)19-9-11-20(12-10-19)16-8-6-7-15(18-16)13-17-5-2/h6-8,14,17H,4-5,9-13H2,1-3H3. The van der Waals surface area contributed by atoms with E-state index in [9.17, 15) is 0 Å². The number of nitrogens with one attached hydrogen (secondary N) is 1. The summed E-state index contributed by atoms with van der Waals surface area (Å²) in [5.41, 5.74) is 1.13. The third-order valence-electron chi connectivity index (χ3n) is 4.20. The molecule has 1 fully saturated rings. The van der Waals surface area contributed by atoms with Crippen molar-refractivity contribution >= 4 is 5.82 Å². The molecule has 1 saturated heterocycles. The molecule has 1 atom stereocenters. The highest BCUT2D eigenvalue weighted by Gasteiger charge is 2.20. The van der Waals surface area contributed by atoms with Crippen LogP contribution in [0.15, 0.2) is 18.2 Å². The fourth-order valence-corrected chi connectivity index (χ4v) is 2.64. The van der Waals surface area contributed by atoms with Crippen molar-refractivity contribution in [3.8, 4) is 0 Å². The number of hydrogen-bond acceptors (Lipinski definition) is 4. The second-order valence-electron chi connectivity index (χ2n) is 5.55. The van der Waals surface area contributed by atoms with Crippen molar-refractivity contribution in [2.75, 3.05) is 37.6 Å². The highest BCUT2D eigenvalue weighted by Crippen LogP contribution is 2.16. The highest BCUT2D eigenvalue weighted by molar-refractivity contribution is 5.39. The van der Waals surface area contributed by atoms with Gasteiger partial charge in [0.15, 0.2) is 0 Å². The summed E-state index contributed by atoms with van der Waals surface area (Å²) < 4.78 is 0. The number of hydrogen-bond donors (Lipinski definition) is 1. The highest BCUT2D eigenvalue weighted by atomic mass is 15.3. The van der Waals surface area contributed by atoms with Crippen molar-refractivity contribution in [2.45, 2.75) is 39.8 Å². The maximum Gasteiger partial charge on any atom is 0.128 e. The molecular formula is C16H28N4. The van der Waals surface area contributed by atoms with Crippen molar-refractivity contribution in [3.05, 3.63) is 23.9 Å². The minimum atomic E-state index is 0.699. The topological polar surface area (TPSA) is 31.4 Å². The van der Waals surface area contributed by atoms with Crippen LogP contribution >= 0.6 is 0 Å². The van der Waals surface area contributed by atoms with Crippen LogP contribution in [-0.4, -0.2) is 48.6 Å². The zero-order valence-corrected chi connectivity index (χ0v) is 13.1. The average Bonchev–Trinajstić information content (AvgIpc) is 2.52. The van der Waals surface area contributed by atoms with Gasteiger partial charge in [-0.15, -0.1) is 0 Å². The third-order valence-corrected chi connectivity index (χ3v) is 4.20. The molecule has 0 spiro atoms. The lowest BCUT2D eigenvalue weighted by molar-refractivity contribution is 0.192. The Balaban J connectivity index is 1.93. The maximum absolute atomic E-state index is 4.77. The first-order valence-electron chi connectivity index (χ1n) is 7.90. The van der Waals surface area contributed by atoms with Gasteiger partial charge in [-0.2, -0.15) is 0 Å². The van der Waals surface area contributed by atoms with Crippen LogP contribution in [0.5, 0.6) is 0 Å². The molecule has 2 rings (SSSR count). The number of nitrogens with zero attached hydrogens (tertiary/aromatic N) is 3. The molecule has 0 amide bonds. The molecule has 1 aliphatic rings. The van der Waals surface area contributed by atoms with Crippen molar-refractivity contribution < 1.29 is 0 Å². The van der Waals surface area contributed by atoms with Crippen LogP contribution < -0.4 is 10.2 Å². The van der Waals surface area contributed by atoms with E-state index in [4.69, 9.17) is 4.98 Å². The Morgan fingerprint density at radius 2 is 1.95 bits per heavy atom. The molecular weight excluding hydrogens is 248 g/mol. The van der Waals surface area contributed by atoms with Gasteiger partial charge in [0.1, 0.15) is 5.82 Å². The number of anilines is 1. The van der Waals surface area contributed by atoms with Gasteiger partial charge in [0.05, 0.1) is 5.69 Å². The summed E-state index contributed by atoms with van der Waals surface area (Å²) in [5, 5.41) is 3.34. The molecule has 4 nitrogen and oxygen atoms in total. The van der Waals surface area contributed by atoms with E-state index < -0.39 is 0 Å². The van der Waals surface area contributed by atoms with Crippen LogP contribution in [0, 0.1) is 0 Å². The van der Waals surface area contributed by atoms with Crippen LogP contribution in [0.1, 0.15) is 32.9 Å². The van der Waals surface area contributed by atoms with Gasteiger partial charge >= 0.3 is 0 Å². The van der Waals surface area contributed by atoms with Gasteiger partial charge in [-0.25, -0.2) is 4.98 Å². The van der Waals surface area contributed by atoms with Crippen LogP contribution in [0.2, 0.25) is 0 Å². The summed E-state index contributed by atoms with van der Waals surface area (Å²) in [6.45, 7) is 13.0. The number of aromatic nitrogens is 1. The molecule has 1 N–H and O–H groups in total. The lowest BCUT2D eigenvalue weighted by atomic mass is 10.2. The van der Waals surface area contributed by atoms with Gasteiger partial charge in [-0.1, -0.05) is 19.9 Å². The Morgan fingerprint density at radius 1 is 1.20 bits per heavy atom. The predicted octanol–water partition coefficient (Wildman–Crippen LogP) is 2.11. The van der Waals surface area contributed by atoms with Crippen molar-refractivity contribution in [1.82, 2.24) is 15.2 Å². The molecule has 2 heterocycles. The summed E-state index contributed by atoms with van der Waals surface area (Å²) in [4.78, 5) is 9.76. The normalized spacial score (nSPS) is 18.2. The van der Waals surface area contributed by atoms with Crippen LogP contribution in [0.4, 0.5) is 5.82 Å². The quantitative estimate of drug-likeness (QED) is 0.862. The van der Waals surface area contributed by atoms with Gasteiger partial charge < -0.3 is 10.2 Å². The number of pyridine rings is 1. The molecule has 1 aromatic heterocycles. The Bertz CT molecular complexity index is 399. The first-order valence-corrected chi connectivity index (χ1v) is 7.90. The largest absolute Gasteiger partial charge is 0.354 e. The van der Waals surface area contributed by atoms with E-state index in [2.05, 4.69) is 54.1 Å². The predicted molar refractivity (Wildman–Crippen MR) is 85.2 cm³/mol. The second kappa shape index (κ2) is 7.60. The average molecular weight is 276 g/mol. The van der Waals surface area contributed by atoms with Gasteiger partial charge in [-0.3, -0.25) is 4.90 Å². The van der Waals surface area contributed by atoms with Crippen molar-refractivity contribution in [2.24, 2.45) is 0 Å². The van der Waals surface area contributed by atoms with Crippen molar-refractivity contribution in [1.29, 1.82) is 0 Å². The van der Waals surface area contributed by atoms with Gasteiger partial charge in [-0.05, 0) is 32.0 Å². The molecule has 0 bridgehead atoms. The van der Waals surface area contributed by atoms with Crippen molar-refractivity contribution in [3.63, 3.8) is 0 Å². The lowest BCUT2D eigenvalue weighted by Crippen LogP contribution is -2.49. The third kappa shape index (κ3) is 3.93. The second-order valence-corrected chi connectivity index (χ2v) is 5.55. The van der Waals surface area contributed by atoms with Crippen LogP contribution in [0.25, 0.3) is 0 Å². The zero-order valence-electron chi connectivity index (χ0n) is 13.1. The fourth-order valence-electron chi connectivity index (χ4n) is 2.64. The molecule has 0 radical (unpaired) electrons.